The molecule has 1 atom stereocenters. The lowest BCUT2D eigenvalue weighted by Gasteiger charge is -2.42. The van der Waals surface area contributed by atoms with Crippen LogP contribution in [-0.2, 0) is 4.74 Å². The highest BCUT2D eigenvalue weighted by molar-refractivity contribution is 5.25. The van der Waals surface area contributed by atoms with Gasteiger partial charge in [-0.3, -0.25) is 0 Å². The Bertz CT molecular complexity index is 388. The number of aliphatic hydroxyl groups excluding tert-OH is 1. The van der Waals surface area contributed by atoms with Crippen molar-refractivity contribution in [1.82, 2.24) is 0 Å². The molecule has 1 aliphatic rings. The predicted molar refractivity (Wildman–Crippen MR) is 78.1 cm³/mol. The molecular weight excluding hydrogens is 236 g/mol. The average Bonchev–Trinajstić information content (AvgIpc) is 2.42. The Morgan fingerprint density at radius 1 is 1.26 bits per heavy atom. The summed E-state index contributed by atoms with van der Waals surface area (Å²) in [5, 5.41) is 10.8. The van der Waals surface area contributed by atoms with E-state index in [2.05, 4.69) is 26.0 Å². The van der Waals surface area contributed by atoms with E-state index in [9.17, 15) is 5.11 Å². The molecule has 0 spiro atoms. The molecule has 1 aromatic rings. The zero-order valence-electron chi connectivity index (χ0n) is 12.4. The van der Waals surface area contributed by atoms with Gasteiger partial charge >= 0.3 is 0 Å². The summed E-state index contributed by atoms with van der Waals surface area (Å²) in [6.45, 7) is 7.03. The molecule has 0 aliphatic heterocycles. The summed E-state index contributed by atoms with van der Waals surface area (Å²) in [6.07, 6.45) is 3.68. The summed E-state index contributed by atoms with van der Waals surface area (Å²) in [7, 11) is 0. The van der Waals surface area contributed by atoms with E-state index in [0.29, 0.717) is 6.61 Å². The predicted octanol–water partition coefficient (Wildman–Crippen LogP) is 4.01. The number of hydrogen-bond acceptors (Lipinski definition) is 2. The highest BCUT2D eigenvalue weighted by Gasteiger charge is 2.41. The maximum absolute atomic E-state index is 10.8. The van der Waals surface area contributed by atoms with Crippen LogP contribution in [0.1, 0.15) is 56.8 Å². The zero-order valence-corrected chi connectivity index (χ0v) is 12.4. The minimum Gasteiger partial charge on any atom is -0.385 e. The molecule has 0 bridgehead atoms. The monoisotopic (exact) mass is 262 g/mol. The van der Waals surface area contributed by atoms with Crippen LogP contribution in [0.3, 0.4) is 0 Å². The lowest BCUT2D eigenvalue weighted by molar-refractivity contribution is -0.146. The molecule has 1 saturated carbocycles. The molecule has 0 aromatic heterocycles. The normalized spacial score (nSPS) is 29.2. The van der Waals surface area contributed by atoms with E-state index in [4.69, 9.17) is 4.74 Å². The molecule has 2 nitrogen and oxygen atoms in total. The van der Waals surface area contributed by atoms with Crippen LogP contribution < -0.4 is 0 Å². The largest absolute Gasteiger partial charge is 0.385 e. The Hall–Kier alpha value is -0.860. The van der Waals surface area contributed by atoms with E-state index in [0.717, 1.165) is 37.2 Å². The van der Waals surface area contributed by atoms with E-state index < -0.39 is 6.10 Å². The van der Waals surface area contributed by atoms with Gasteiger partial charge in [-0.1, -0.05) is 36.8 Å². The van der Waals surface area contributed by atoms with Gasteiger partial charge in [-0.25, -0.2) is 0 Å². The quantitative estimate of drug-likeness (QED) is 0.888. The van der Waals surface area contributed by atoms with Gasteiger partial charge in [0.15, 0.2) is 0 Å². The van der Waals surface area contributed by atoms with Gasteiger partial charge in [-0.05, 0) is 51.0 Å². The van der Waals surface area contributed by atoms with Gasteiger partial charge in [0.05, 0.1) is 5.60 Å². The van der Waals surface area contributed by atoms with Crippen molar-refractivity contribution in [3.63, 3.8) is 0 Å². The third-order valence-corrected chi connectivity index (χ3v) is 4.44. The molecule has 2 heteroatoms. The summed E-state index contributed by atoms with van der Waals surface area (Å²) in [4.78, 5) is 0. The molecule has 0 saturated heterocycles. The molecule has 19 heavy (non-hydrogen) atoms. The van der Waals surface area contributed by atoms with E-state index in [1.54, 1.807) is 0 Å². The van der Waals surface area contributed by atoms with Crippen molar-refractivity contribution in [2.75, 3.05) is 6.61 Å². The second kappa shape index (κ2) is 6.06. The number of benzene rings is 1. The Kier molecular flexibility index (Phi) is 4.64. The summed E-state index contributed by atoms with van der Waals surface area (Å²) >= 11 is 0. The van der Waals surface area contributed by atoms with Crippen molar-refractivity contribution in [3.05, 3.63) is 35.4 Å². The molecule has 1 aromatic carbocycles. The van der Waals surface area contributed by atoms with Crippen molar-refractivity contribution in [3.8, 4) is 0 Å². The van der Waals surface area contributed by atoms with Gasteiger partial charge in [0.25, 0.3) is 0 Å². The molecule has 0 amide bonds. The highest BCUT2D eigenvalue weighted by atomic mass is 16.5. The van der Waals surface area contributed by atoms with E-state index in [1.807, 2.05) is 19.1 Å². The molecule has 1 unspecified atom stereocenters. The first kappa shape index (κ1) is 14.5. The fourth-order valence-electron chi connectivity index (χ4n) is 3.09. The third-order valence-electron chi connectivity index (χ3n) is 4.44. The van der Waals surface area contributed by atoms with Crippen molar-refractivity contribution < 1.29 is 9.84 Å². The Morgan fingerprint density at radius 2 is 1.84 bits per heavy atom. The van der Waals surface area contributed by atoms with E-state index in [-0.39, 0.29) is 5.60 Å². The van der Waals surface area contributed by atoms with Gasteiger partial charge in [0.1, 0.15) is 6.10 Å². The van der Waals surface area contributed by atoms with Crippen LogP contribution >= 0.6 is 0 Å². The fourth-order valence-corrected chi connectivity index (χ4v) is 3.09. The molecule has 1 aliphatic carbocycles. The van der Waals surface area contributed by atoms with Crippen LogP contribution in [0.4, 0.5) is 0 Å². The molecule has 1 fully saturated rings. The summed E-state index contributed by atoms with van der Waals surface area (Å²) in [5.74, 6) is 0.749. The maximum atomic E-state index is 10.8. The zero-order chi connectivity index (χ0) is 13.9. The lowest BCUT2D eigenvalue weighted by Crippen LogP contribution is -2.42. The number of ether oxygens (including phenoxy) is 1. The first-order chi connectivity index (χ1) is 9.07. The second-order valence-electron chi connectivity index (χ2n) is 5.99. The Labute approximate surface area is 116 Å². The van der Waals surface area contributed by atoms with Crippen molar-refractivity contribution in [2.45, 2.75) is 58.2 Å². The minimum absolute atomic E-state index is 0.378. The van der Waals surface area contributed by atoms with Crippen LogP contribution in [0.2, 0.25) is 0 Å². The van der Waals surface area contributed by atoms with Gasteiger partial charge in [-0.15, -0.1) is 0 Å². The third kappa shape index (κ3) is 3.18. The van der Waals surface area contributed by atoms with Crippen molar-refractivity contribution >= 4 is 0 Å². The Balaban J connectivity index is 2.20. The highest BCUT2D eigenvalue weighted by Crippen LogP contribution is 2.43. The van der Waals surface area contributed by atoms with Crippen molar-refractivity contribution in [2.24, 2.45) is 5.92 Å². The standard InChI is InChI=1S/C17H26O2/c1-4-19-17(11-9-14(3)10-12-17)16(18)15-7-5-13(2)6-8-15/h5-8,14,16,18H,4,9-12H2,1-3H3. The van der Waals surface area contributed by atoms with Crippen LogP contribution in [0.25, 0.3) is 0 Å². The summed E-state index contributed by atoms with van der Waals surface area (Å²) in [5.41, 5.74) is 1.82. The number of aliphatic hydroxyl groups is 1. The number of aryl methyl sites for hydroxylation is 1. The maximum Gasteiger partial charge on any atom is 0.108 e. The Morgan fingerprint density at radius 3 is 2.37 bits per heavy atom. The van der Waals surface area contributed by atoms with Gasteiger partial charge in [-0.2, -0.15) is 0 Å². The topological polar surface area (TPSA) is 29.5 Å². The lowest BCUT2D eigenvalue weighted by atomic mass is 9.74. The first-order valence-electron chi connectivity index (χ1n) is 7.46. The van der Waals surface area contributed by atoms with Crippen LogP contribution in [0, 0.1) is 12.8 Å². The fraction of sp³-hybridized carbons (Fsp3) is 0.647. The van der Waals surface area contributed by atoms with Crippen LogP contribution in [0.5, 0.6) is 0 Å². The van der Waals surface area contributed by atoms with Gasteiger partial charge in [0, 0.05) is 6.61 Å². The first-order valence-corrected chi connectivity index (χ1v) is 7.46. The van der Waals surface area contributed by atoms with Gasteiger partial charge in [0.2, 0.25) is 0 Å². The van der Waals surface area contributed by atoms with Crippen LogP contribution in [-0.4, -0.2) is 17.3 Å². The van der Waals surface area contributed by atoms with E-state index in [1.165, 1.54) is 5.56 Å². The second-order valence-corrected chi connectivity index (χ2v) is 5.99. The summed E-state index contributed by atoms with van der Waals surface area (Å²) in [6, 6.07) is 8.17. The molecular formula is C17H26O2. The molecule has 0 heterocycles. The smallest absolute Gasteiger partial charge is 0.108 e. The summed E-state index contributed by atoms with van der Waals surface area (Å²) < 4.78 is 6.02. The number of hydrogen-bond donors (Lipinski definition) is 1. The average molecular weight is 262 g/mol. The molecule has 0 radical (unpaired) electrons. The SMILES string of the molecule is CCOC1(C(O)c2ccc(C)cc2)CCC(C)CC1. The molecule has 1 N–H and O–H groups in total. The molecule has 106 valence electrons. The van der Waals surface area contributed by atoms with Crippen molar-refractivity contribution in [1.29, 1.82) is 0 Å². The minimum atomic E-state index is -0.513. The van der Waals surface area contributed by atoms with Gasteiger partial charge < -0.3 is 9.84 Å². The van der Waals surface area contributed by atoms with Crippen LogP contribution in [0.15, 0.2) is 24.3 Å². The molecule has 2 rings (SSSR count). The number of rotatable bonds is 4. The van der Waals surface area contributed by atoms with E-state index >= 15 is 0 Å².